The molecule has 7 rings (SSSR count). The van der Waals surface area contributed by atoms with Crippen molar-refractivity contribution in [3.8, 4) is 0 Å². The van der Waals surface area contributed by atoms with Crippen molar-refractivity contribution in [3.63, 3.8) is 0 Å². The van der Waals surface area contributed by atoms with Crippen LogP contribution in [0.3, 0.4) is 0 Å². The first-order chi connectivity index (χ1) is 20.1. The van der Waals surface area contributed by atoms with Gasteiger partial charge in [-0.3, -0.25) is 28.2 Å². The molecular formula is C23H25F2N8O7PS. The Morgan fingerprint density at radius 3 is 2.69 bits per heavy atom. The number of aromatic amines is 2. The second-order valence-corrected chi connectivity index (χ2v) is 13.3. The molecule has 42 heavy (non-hydrogen) atoms. The number of nitrogen functional groups attached to an aromatic ring is 1. The van der Waals surface area contributed by atoms with Gasteiger partial charge in [-0.1, -0.05) is 18.7 Å². The number of ether oxygens (including phenoxy) is 2. The van der Waals surface area contributed by atoms with E-state index in [4.69, 9.17) is 24.3 Å². The summed E-state index contributed by atoms with van der Waals surface area (Å²) in [7, 11) is 0. The van der Waals surface area contributed by atoms with E-state index in [0.717, 1.165) is 0 Å². The smallest absolute Gasteiger partial charge is 0.369 e. The molecule has 9 atom stereocenters. The number of imidazole rings is 1. The van der Waals surface area contributed by atoms with Gasteiger partial charge in [-0.25, -0.2) is 23.3 Å². The summed E-state index contributed by atoms with van der Waals surface area (Å²) >= 11 is 4.06. The van der Waals surface area contributed by atoms with Gasteiger partial charge >= 0.3 is 6.80 Å². The Labute approximate surface area is 239 Å². The van der Waals surface area contributed by atoms with Crippen LogP contribution in [0.25, 0.3) is 22.2 Å². The fourth-order valence-corrected chi connectivity index (χ4v) is 7.43. The van der Waals surface area contributed by atoms with E-state index in [9.17, 15) is 14.2 Å². The summed E-state index contributed by atoms with van der Waals surface area (Å²) in [5.41, 5.74) is 4.92. The third kappa shape index (κ3) is 4.57. The molecule has 3 aliphatic heterocycles. The van der Waals surface area contributed by atoms with E-state index in [-0.39, 0.29) is 53.2 Å². The third-order valence-corrected chi connectivity index (χ3v) is 9.55. The molecular weight excluding hydrogens is 601 g/mol. The Morgan fingerprint density at radius 2 is 1.86 bits per heavy atom. The van der Waals surface area contributed by atoms with Crippen molar-refractivity contribution in [1.29, 1.82) is 0 Å². The third-order valence-electron chi connectivity index (χ3n) is 7.93. The first-order valence-corrected chi connectivity index (χ1v) is 15.8. The number of nitrogens with zero attached hydrogens (tertiary/aromatic N) is 5. The number of anilines is 1. The van der Waals surface area contributed by atoms with E-state index in [2.05, 4.69) is 37.2 Å². The normalized spacial score (nSPS) is 35.7. The second-order valence-electron chi connectivity index (χ2n) is 10.4. The molecule has 2 unspecified atom stereocenters. The quantitative estimate of drug-likeness (QED) is 0.188. The largest absolute Gasteiger partial charge is 0.386 e. The molecule has 3 fully saturated rings. The fraction of sp³-hybridized carbons (Fsp3) is 0.522. The zero-order chi connectivity index (χ0) is 29.3. The molecule has 0 spiro atoms. The van der Waals surface area contributed by atoms with Crippen molar-refractivity contribution in [2.45, 2.75) is 62.4 Å². The molecule has 7 heterocycles. The van der Waals surface area contributed by atoms with Gasteiger partial charge in [-0.2, -0.15) is 4.98 Å². The number of alkyl halides is 2. The van der Waals surface area contributed by atoms with E-state index in [1.807, 2.05) is 0 Å². The van der Waals surface area contributed by atoms with Gasteiger partial charge in [-0.05, 0) is 18.9 Å². The van der Waals surface area contributed by atoms with Crippen LogP contribution in [0.1, 0.15) is 31.7 Å². The van der Waals surface area contributed by atoms with E-state index in [1.165, 1.54) is 34.1 Å². The van der Waals surface area contributed by atoms with Gasteiger partial charge in [0.1, 0.15) is 11.8 Å². The van der Waals surface area contributed by atoms with Crippen LogP contribution < -0.4 is 16.9 Å². The Bertz CT molecular complexity index is 1830. The number of H-pyrrole nitrogens is 2. The zero-order valence-electron chi connectivity index (χ0n) is 21.6. The summed E-state index contributed by atoms with van der Waals surface area (Å²) in [5.74, 6) is -0.918. The minimum atomic E-state index is -4.27. The molecule has 0 radical (unpaired) electrons. The summed E-state index contributed by atoms with van der Waals surface area (Å²) in [6.07, 6.45) is -4.35. The Kier molecular flexibility index (Phi) is 6.75. The molecule has 224 valence electrons. The highest BCUT2D eigenvalue weighted by molar-refractivity contribution is 8.44. The van der Waals surface area contributed by atoms with Crippen LogP contribution >= 0.6 is 19.0 Å². The maximum absolute atomic E-state index is 16.0. The lowest BCUT2D eigenvalue weighted by atomic mass is 9.92. The summed E-state index contributed by atoms with van der Waals surface area (Å²) in [4.78, 5) is 41.5. The minimum absolute atomic E-state index is 0.0187. The zero-order valence-corrected chi connectivity index (χ0v) is 23.4. The van der Waals surface area contributed by atoms with Crippen LogP contribution in [0.5, 0.6) is 0 Å². The van der Waals surface area contributed by atoms with E-state index in [1.54, 1.807) is 0 Å². The maximum Gasteiger partial charge on any atom is 0.386 e. The van der Waals surface area contributed by atoms with Gasteiger partial charge in [0.25, 0.3) is 11.1 Å². The van der Waals surface area contributed by atoms with Crippen molar-refractivity contribution in [3.05, 3.63) is 45.6 Å². The Hall–Kier alpha value is -3.15. The standard InChI is InChI=1S/C23H25F2N8O7PS/c24-13-9-2-1-3-11-14(25)16(22(38-11)33-8-29-15-18(33)30-23(26)31-20(15)35)40-41(36,42)37-6-12(9)39-21(13)32-5-4-10-17(32)27-7-28-19(10)34/h4-5,7-9,11-14,16,21-22H,1-3,6H2,(H,36,42)(H,27,28,34)(H3,26,30,31,35)/t9-,11?,12-,13+,14-,16-,21-,22-,41?/m1/s1. The van der Waals surface area contributed by atoms with Crippen LogP contribution in [0.15, 0.2) is 34.5 Å². The van der Waals surface area contributed by atoms with Crippen LogP contribution in [-0.4, -0.2) is 71.3 Å². The van der Waals surface area contributed by atoms with Gasteiger partial charge in [0.2, 0.25) is 5.95 Å². The molecule has 0 saturated carbocycles. The minimum Gasteiger partial charge on any atom is -0.369 e. The lowest BCUT2D eigenvalue weighted by Crippen LogP contribution is -2.32. The first-order valence-electron chi connectivity index (χ1n) is 13.1. The van der Waals surface area contributed by atoms with E-state index in [0.29, 0.717) is 6.42 Å². The Balaban J connectivity index is 1.17. The molecule has 4 aromatic rings. The van der Waals surface area contributed by atoms with Crippen LogP contribution in [-0.2, 0) is 23.1 Å². The molecule has 15 nitrogen and oxygen atoms in total. The molecule has 2 bridgehead atoms. The van der Waals surface area contributed by atoms with Crippen LogP contribution in [0, 0.1) is 5.92 Å². The van der Waals surface area contributed by atoms with Crippen molar-refractivity contribution < 1.29 is 31.9 Å². The van der Waals surface area contributed by atoms with Crippen LogP contribution in [0.4, 0.5) is 14.7 Å². The second kappa shape index (κ2) is 10.2. The summed E-state index contributed by atoms with van der Waals surface area (Å²) in [6, 6.07) is 1.52. The number of hydrogen-bond donors (Lipinski definition) is 4. The number of halogens is 2. The van der Waals surface area contributed by atoms with Gasteiger partial charge in [0, 0.05) is 12.1 Å². The SMILES string of the molecule is Nc1nc2c(ncn2[C@@H]2OC3CCC[C@H]4[C@H](F)[C@H](n5ccc6c(=O)[nH]cnc65)O[C@@H]4COP(=O)(S)O[C@@H]2[C@@H]3F)c(=O)[nH]1. The fourth-order valence-electron chi connectivity index (χ4n) is 5.98. The number of thiol groups is 1. The van der Waals surface area contributed by atoms with Crippen molar-refractivity contribution in [2.75, 3.05) is 12.3 Å². The molecule has 19 heteroatoms. The molecule has 0 amide bonds. The number of fused-ring (bicyclic) bond motifs is 5. The number of nitrogens with two attached hydrogens (primary N) is 1. The van der Waals surface area contributed by atoms with Gasteiger partial charge in [0.15, 0.2) is 36.0 Å². The highest BCUT2D eigenvalue weighted by Gasteiger charge is 2.52. The maximum atomic E-state index is 16.0. The highest BCUT2D eigenvalue weighted by Crippen LogP contribution is 2.58. The average Bonchev–Trinajstić information content (AvgIpc) is 3.69. The lowest BCUT2D eigenvalue weighted by Gasteiger charge is -2.26. The predicted octanol–water partition coefficient (Wildman–Crippen LogP) is 2.15. The van der Waals surface area contributed by atoms with Gasteiger partial charge < -0.3 is 24.8 Å². The number of rotatable bonds is 2. The van der Waals surface area contributed by atoms with Gasteiger partial charge in [0.05, 0.1) is 36.9 Å². The van der Waals surface area contributed by atoms with Gasteiger partial charge in [-0.15, -0.1) is 0 Å². The monoisotopic (exact) mass is 626 g/mol. The molecule has 4 N–H and O–H groups in total. The lowest BCUT2D eigenvalue weighted by molar-refractivity contribution is -0.0416. The summed E-state index contributed by atoms with van der Waals surface area (Å²) < 4.78 is 71.0. The number of aromatic nitrogens is 7. The number of hydrogen-bond acceptors (Lipinski definition) is 11. The van der Waals surface area contributed by atoms with Crippen molar-refractivity contribution >= 4 is 47.2 Å². The molecule has 0 aliphatic carbocycles. The summed E-state index contributed by atoms with van der Waals surface area (Å²) in [6.45, 7) is -4.64. The highest BCUT2D eigenvalue weighted by atomic mass is 32.7. The molecule has 3 saturated heterocycles. The van der Waals surface area contributed by atoms with Crippen LogP contribution in [0.2, 0.25) is 0 Å². The number of nitrogens with one attached hydrogen (secondary N) is 2. The first kappa shape index (κ1) is 27.7. The van der Waals surface area contributed by atoms with Crippen molar-refractivity contribution in [1.82, 2.24) is 34.1 Å². The van der Waals surface area contributed by atoms with E-state index < -0.39 is 61.4 Å². The average molecular weight is 627 g/mol. The molecule has 0 aromatic carbocycles. The molecule has 4 aromatic heterocycles. The molecule has 3 aliphatic rings. The summed E-state index contributed by atoms with van der Waals surface area (Å²) in [5, 5.41) is 0.272. The topological polar surface area (TPSA) is 194 Å². The van der Waals surface area contributed by atoms with E-state index >= 15 is 8.78 Å². The Morgan fingerprint density at radius 1 is 1.05 bits per heavy atom. The predicted molar refractivity (Wildman–Crippen MR) is 145 cm³/mol. The van der Waals surface area contributed by atoms with Crippen molar-refractivity contribution in [2.24, 2.45) is 5.92 Å².